The van der Waals surface area contributed by atoms with Crippen LogP contribution in [0.5, 0.6) is 0 Å². The Kier molecular flexibility index (Phi) is 54.8. The lowest BCUT2D eigenvalue weighted by molar-refractivity contribution is -0.167. The van der Waals surface area contributed by atoms with Crippen molar-refractivity contribution < 1.29 is 28.6 Å². The third-order valence-electron chi connectivity index (χ3n) is 13.1. The molecule has 6 heteroatoms. The first-order chi connectivity index (χ1) is 33.5. The number of hydrogen-bond acceptors (Lipinski definition) is 6. The van der Waals surface area contributed by atoms with Gasteiger partial charge in [0.1, 0.15) is 13.2 Å². The maximum atomic E-state index is 12.9. The highest BCUT2D eigenvalue weighted by molar-refractivity contribution is 5.71. The van der Waals surface area contributed by atoms with Crippen molar-refractivity contribution in [3.63, 3.8) is 0 Å². The third-order valence-corrected chi connectivity index (χ3v) is 13.1. The van der Waals surface area contributed by atoms with E-state index in [9.17, 15) is 14.4 Å². The van der Waals surface area contributed by atoms with Crippen molar-refractivity contribution in [2.75, 3.05) is 13.2 Å². The molecule has 0 aromatic rings. The zero-order valence-electron chi connectivity index (χ0n) is 45.4. The Morgan fingerprint density at radius 2 is 0.544 bits per heavy atom. The minimum atomic E-state index is -0.791. The van der Waals surface area contributed by atoms with E-state index in [1.54, 1.807) is 0 Å². The van der Waals surface area contributed by atoms with Gasteiger partial charge in [-0.2, -0.15) is 0 Å². The van der Waals surface area contributed by atoms with Crippen molar-refractivity contribution in [3.8, 4) is 0 Å². The number of allylic oxidation sites excluding steroid dienone is 8. The van der Waals surface area contributed by atoms with Crippen molar-refractivity contribution in [1.82, 2.24) is 0 Å². The van der Waals surface area contributed by atoms with Crippen molar-refractivity contribution in [3.05, 3.63) is 48.6 Å². The first-order valence-electron chi connectivity index (χ1n) is 29.6. The monoisotopic (exact) mass is 953 g/mol. The van der Waals surface area contributed by atoms with Gasteiger partial charge in [-0.25, -0.2) is 0 Å². The van der Waals surface area contributed by atoms with Crippen LogP contribution in [-0.2, 0) is 28.6 Å². The van der Waals surface area contributed by atoms with Crippen molar-refractivity contribution >= 4 is 17.9 Å². The lowest BCUT2D eigenvalue weighted by atomic mass is 10.0. The Bertz CT molecular complexity index is 1190. The molecule has 1 unspecified atom stereocenters. The molecule has 0 spiro atoms. The molecule has 396 valence electrons. The van der Waals surface area contributed by atoms with Gasteiger partial charge in [0.25, 0.3) is 0 Å². The number of esters is 3. The van der Waals surface area contributed by atoms with Gasteiger partial charge in [0.15, 0.2) is 6.10 Å². The summed E-state index contributed by atoms with van der Waals surface area (Å²) in [5.41, 5.74) is 0. The van der Waals surface area contributed by atoms with Gasteiger partial charge < -0.3 is 14.2 Å². The highest BCUT2D eigenvalue weighted by Gasteiger charge is 2.19. The fourth-order valence-corrected chi connectivity index (χ4v) is 8.61. The van der Waals surface area contributed by atoms with Crippen LogP contribution in [0.4, 0.5) is 0 Å². The lowest BCUT2D eigenvalue weighted by Crippen LogP contribution is -2.30. The van der Waals surface area contributed by atoms with Gasteiger partial charge in [-0.3, -0.25) is 14.4 Å². The number of hydrogen-bond donors (Lipinski definition) is 0. The van der Waals surface area contributed by atoms with Gasteiger partial charge >= 0.3 is 17.9 Å². The van der Waals surface area contributed by atoms with Crippen LogP contribution in [0.25, 0.3) is 0 Å². The van der Waals surface area contributed by atoms with Crippen LogP contribution in [-0.4, -0.2) is 37.2 Å². The molecule has 0 N–H and O–H groups in total. The quantitative estimate of drug-likeness (QED) is 0.0262. The van der Waals surface area contributed by atoms with Crippen LogP contribution in [0.1, 0.15) is 310 Å². The van der Waals surface area contributed by atoms with Crippen LogP contribution in [0.3, 0.4) is 0 Å². The predicted molar refractivity (Wildman–Crippen MR) is 293 cm³/mol. The summed E-state index contributed by atoms with van der Waals surface area (Å²) in [7, 11) is 0. The Balaban J connectivity index is 4.41. The summed E-state index contributed by atoms with van der Waals surface area (Å²) in [5, 5.41) is 0. The highest BCUT2D eigenvalue weighted by atomic mass is 16.6. The molecule has 68 heavy (non-hydrogen) atoms. The first-order valence-corrected chi connectivity index (χ1v) is 29.6. The maximum Gasteiger partial charge on any atom is 0.306 e. The molecule has 0 aromatic heterocycles. The number of ether oxygens (including phenoxy) is 3. The van der Waals surface area contributed by atoms with Gasteiger partial charge in [0.05, 0.1) is 0 Å². The number of carbonyl (C=O) groups is 3. The summed E-state index contributed by atoms with van der Waals surface area (Å²) in [5.74, 6) is -0.925. The summed E-state index contributed by atoms with van der Waals surface area (Å²) in [4.78, 5) is 38.2. The molecule has 0 rings (SSSR count). The minimum Gasteiger partial charge on any atom is -0.462 e. The summed E-state index contributed by atoms with van der Waals surface area (Å²) in [6.45, 7) is 6.61. The Hall–Kier alpha value is -2.63. The van der Waals surface area contributed by atoms with Crippen LogP contribution in [0.2, 0.25) is 0 Å². The van der Waals surface area contributed by atoms with E-state index in [1.807, 2.05) is 0 Å². The van der Waals surface area contributed by atoms with E-state index in [1.165, 1.54) is 199 Å². The Labute approximate surface area is 422 Å². The van der Waals surface area contributed by atoms with Crippen molar-refractivity contribution in [2.24, 2.45) is 0 Å². The molecule has 0 amide bonds. The van der Waals surface area contributed by atoms with Crippen LogP contribution in [0, 0.1) is 0 Å². The van der Waals surface area contributed by atoms with E-state index in [0.29, 0.717) is 19.3 Å². The van der Waals surface area contributed by atoms with Crippen LogP contribution >= 0.6 is 0 Å². The lowest BCUT2D eigenvalue weighted by Gasteiger charge is -2.18. The summed E-state index contributed by atoms with van der Waals surface area (Å²) in [6.07, 6.45) is 69.6. The Morgan fingerprint density at radius 1 is 0.294 bits per heavy atom. The normalized spacial score (nSPS) is 12.3. The molecule has 0 saturated carbocycles. The second kappa shape index (κ2) is 57.0. The molecular formula is C62H112O6. The standard InChI is InChI=1S/C62H112O6/c1-4-7-10-13-16-19-22-25-28-31-34-37-40-43-46-49-52-55-61(64)67-58-59(57-66-60(63)54-51-48-45-42-39-36-33-30-27-24-21-18-15-12-9-6-3)68-62(65)56-53-50-47-44-41-38-35-32-29-26-23-20-17-14-11-8-5-2/h16,19,25,28,34,37,43,46,59H,4-15,17-18,20-24,26-27,29-33,35-36,38-42,44-45,47-58H2,1-3H3/b19-16-,28-25-,37-34-,46-43-. The molecular weight excluding hydrogens is 841 g/mol. The number of carbonyl (C=O) groups excluding carboxylic acids is 3. The molecule has 0 aliphatic heterocycles. The fraction of sp³-hybridized carbons (Fsp3) is 0.823. The van der Waals surface area contributed by atoms with E-state index in [4.69, 9.17) is 14.2 Å². The van der Waals surface area contributed by atoms with E-state index in [-0.39, 0.29) is 37.5 Å². The highest BCUT2D eigenvalue weighted by Crippen LogP contribution is 2.17. The summed E-state index contributed by atoms with van der Waals surface area (Å²) >= 11 is 0. The molecule has 1 atom stereocenters. The molecule has 0 fully saturated rings. The number of rotatable bonds is 54. The van der Waals surface area contributed by atoms with Gasteiger partial charge in [0, 0.05) is 19.3 Å². The number of unbranched alkanes of at least 4 members (excludes halogenated alkanes) is 35. The van der Waals surface area contributed by atoms with Gasteiger partial charge in [-0.15, -0.1) is 0 Å². The van der Waals surface area contributed by atoms with Crippen molar-refractivity contribution in [2.45, 2.75) is 316 Å². The predicted octanol–water partition coefficient (Wildman–Crippen LogP) is 19.8. The molecule has 6 nitrogen and oxygen atoms in total. The molecule has 0 radical (unpaired) electrons. The fourth-order valence-electron chi connectivity index (χ4n) is 8.61. The third kappa shape index (κ3) is 54.3. The van der Waals surface area contributed by atoms with E-state index in [2.05, 4.69) is 69.4 Å². The molecule has 0 aliphatic carbocycles. The van der Waals surface area contributed by atoms with Gasteiger partial charge in [0.2, 0.25) is 0 Å². The van der Waals surface area contributed by atoms with Crippen LogP contribution in [0.15, 0.2) is 48.6 Å². The topological polar surface area (TPSA) is 78.9 Å². The maximum absolute atomic E-state index is 12.9. The van der Waals surface area contributed by atoms with E-state index in [0.717, 1.165) is 64.2 Å². The summed E-state index contributed by atoms with van der Waals surface area (Å²) in [6, 6.07) is 0. The van der Waals surface area contributed by atoms with Crippen LogP contribution < -0.4 is 0 Å². The molecule has 0 aliphatic rings. The smallest absolute Gasteiger partial charge is 0.306 e. The average Bonchev–Trinajstić information content (AvgIpc) is 3.34. The van der Waals surface area contributed by atoms with Gasteiger partial charge in [-0.05, 0) is 57.8 Å². The average molecular weight is 954 g/mol. The molecule has 0 aromatic carbocycles. The Morgan fingerprint density at radius 3 is 0.882 bits per heavy atom. The minimum absolute atomic E-state index is 0.0853. The molecule has 0 saturated heterocycles. The zero-order valence-corrected chi connectivity index (χ0v) is 45.4. The molecule has 0 bridgehead atoms. The zero-order chi connectivity index (χ0) is 49.3. The second-order valence-corrected chi connectivity index (χ2v) is 19.9. The second-order valence-electron chi connectivity index (χ2n) is 19.9. The molecule has 0 heterocycles. The SMILES string of the molecule is CCCCC/C=C\C/C=C\C/C=C\C/C=C\CCCC(=O)OCC(COC(=O)CCCCCCCCCCCCCCCCCC)OC(=O)CCCCCCCCCCCCCCCCCCC. The van der Waals surface area contributed by atoms with Crippen molar-refractivity contribution in [1.29, 1.82) is 0 Å². The van der Waals surface area contributed by atoms with E-state index < -0.39 is 6.10 Å². The van der Waals surface area contributed by atoms with Gasteiger partial charge in [-0.1, -0.05) is 281 Å². The summed E-state index contributed by atoms with van der Waals surface area (Å²) < 4.78 is 16.8. The largest absolute Gasteiger partial charge is 0.462 e. The van der Waals surface area contributed by atoms with E-state index >= 15 is 0 Å². The first kappa shape index (κ1) is 65.4.